The number of nitrogens with zero attached hydrogens (tertiary/aromatic N) is 2. The highest BCUT2D eigenvalue weighted by Gasteiger charge is 2.41. The molecule has 0 bridgehead atoms. The van der Waals surface area contributed by atoms with Gasteiger partial charge in [0.15, 0.2) is 0 Å². The maximum atomic E-state index is 13.1. The van der Waals surface area contributed by atoms with Crippen LogP contribution in [0.25, 0.3) is 10.9 Å². The van der Waals surface area contributed by atoms with Gasteiger partial charge in [-0.05, 0) is 73.7 Å². The molecular formula is C34H40N4O5S. The first-order chi connectivity index (χ1) is 21.3. The predicted molar refractivity (Wildman–Crippen MR) is 172 cm³/mol. The van der Waals surface area contributed by atoms with Crippen LogP contribution in [0.15, 0.2) is 65.5 Å². The summed E-state index contributed by atoms with van der Waals surface area (Å²) < 4.78 is 6.31. The largest absolute Gasteiger partial charge is 0.506 e. The Kier molecular flexibility index (Phi) is 9.16. The van der Waals surface area contributed by atoms with E-state index in [0.717, 1.165) is 48.7 Å². The number of piperidine rings is 1. The molecule has 2 aromatic carbocycles. The number of ether oxygens (including phenoxy) is 1. The number of hydrogen-bond donors (Lipinski definition) is 4. The van der Waals surface area contributed by atoms with Crippen molar-refractivity contribution in [1.82, 2.24) is 20.1 Å². The Morgan fingerprint density at radius 1 is 1.09 bits per heavy atom. The number of aliphatic hydroxyl groups excluding tert-OH is 1. The van der Waals surface area contributed by atoms with Crippen molar-refractivity contribution >= 4 is 28.1 Å². The molecule has 44 heavy (non-hydrogen) atoms. The average Bonchev–Trinajstić information content (AvgIpc) is 3.47. The fourth-order valence-corrected chi connectivity index (χ4v) is 7.25. The molecule has 10 heteroatoms. The molecule has 1 atom stereocenters. The van der Waals surface area contributed by atoms with E-state index in [0.29, 0.717) is 49.3 Å². The second-order valence-electron chi connectivity index (χ2n) is 12.0. The minimum Gasteiger partial charge on any atom is -0.506 e. The Morgan fingerprint density at radius 2 is 1.91 bits per heavy atom. The van der Waals surface area contributed by atoms with Crippen molar-refractivity contribution in [1.29, 1.82) is 0 Å². The highest BCUT2D eigenvalue weighted by atomic mass is 32.1. The molecule has 0 saturated carbocycles. The molecule has 2 aromatic heterocycles. The summed E-state index contributed by atoms with van der Waals surface area (Å²) in [6.45, 7) is 7.74. The lowest BCUT2D eigenvalue weighted by Gasteiger charge is -2.47. The molecule has 1 unspecified atom stereocenters. The number of nitrogens with one attached hydrogen (secondary N) is 2. The number of aliphatic hydroxyl groups is 1. The number of phenolic OH excluding ortho intramolecular Hbond substituents is 1. The predicted octanol–water partition coefficient (Wildman–Crippen LogP) is 3.98. The molecule has 0 radical (unpaired) electrons. The third kappa shape index (κ3) is 6.90. The number of amides is 1. The number of fused-ring (bicyclic) bond motifs is 1. The Bertz CT molecular complexity index is 1680. The lowest BCUT2D eigenvalue weighted by atomic mass is 9.89. The van der Waals surface area contributed by atoms with Crippen molar-refractivity contribution in [2.75, 3.05) is 45.9 Å². The number of carbonyl (C=O) groups excluding carboxylic acids is 1. The fraction of sp³-hybridized carbons (Fsp3) is 0.412. The van der Waals surface area contributed by atoms with Crippen LogP contribution in [0, 0.1) is 6.92 Å². The molecular weight excluding hydrogens is 576 g/mol. The van der Waals surface area contributed by atoms with Crippen molar-refractivity contribution in [2.45, 2.75) is 44.4 Å². The number of aromatic nitrogens is 1. The molecule has 0 aliphatic carbocycles. The van der Waals surface area contributed by atoms with Gasteiger partial charge in [0.25, 0.3) is 5.91 Å². The molecule has 2 saturated heterocycles. The fourth-order valence-electron chi connectivity index (χ4n) is 6.42. The molecule has 1 spiro atoms. The average molecular weight is 617 g/mol. The van der Waals surface area contributed by atoms with Crippen LogP contribution in [-0.2, 0) is 17.7 Å². The number of aryl methyl sites for hydroxylation is 1. The zero-order chi connectivity index (χ0) is 30.7. The minimum absolute atomic E-state index is 0.0177. The van der Waals surface area contributed by atoms with Gasteiger partial charge in [-0.1, -0.05) is 30.3 Å². The third-order valence-electron chi connectivity index (χ3n) is 8.85. The van der Waals surface area contributed by atoms with E-state index in [1.54, 1.807) is 23.5 Å². The summed E-state index contributed by atoms with van der Waals surface area (Å²) in [5.74, 6) is 0.108. The second kappa shape index (κ2) is 13.2. The molecule has 6 rings (SSSR count). The van der Waals surface area contributed by atoms with Gasteiger partial charge >= 0.3 is 0 Å². The first kappa shape index (κ1) is 30.5. The van der Waals surface area contributed by atoms with Gasteiger partial charge in [-0.15, -0.1) is 11.3 Å². The van der Waals surface area contributed by atoms with Crippen molar-refractivity contribution in [3.05, 3.63) is 97.5 Å². The van der Waals surface area contributed by atoms with Gasteiger partial charge in [0.2, 0.25) is 5.56 Å². The monoisotopic (exact) mass is 616 g/mol. The molecule has 4 aromatic rings. The Hall–Kier alpha value is -3.54. The number of carbonyl (C=O) groups is 1. The number of likely N-dealkylation sites (tertiary alicyclic amines) is 1. The number of pyridine rings is 1. The van der Waals surface area contributed by atoms with Crippen LogP contribution >= 0.6 is 11.3 Å². The number of aromatic hydroxyl groups is 1. The maximum absolute atomic E-state index is 13.1. The van der Waals surface area contributed by atoms with E-state index in [4.69, 9.17) is 4.74 Å². The lowest BCUT2D eigenvalue weighted by Crippen LogP contribution is -2.57. The highest BCUT2D eigenvalue weighted by molar-refractivity contribution is 7.13. The quantitative estimate of drug-likeness (QED) is 0.210. The van der Waals surface area contributed by atoms with E-state index in [2.05, 4.69) is 39.5 Å². The summed E-state index contributed by atoms with van der Waals surface area (Å²) in [5, 5.41) is 24.9. The normalized spacial score (nSPS) is 17.7. The molecule has 2 aliphatic heterocycles. The number of H-pyrrole nitrogens is 1. The van der Waals surface area contributed by atoms with Gasteiger partial charge < -0.3 is 30.2 Å². The molecule has 1 amide bonds. The van der Waals surface area contributed by atoms with Gasteiger partial charge in [-0.25, -0.2) is 0 Å². The van der Waals surface area contributed by atoms with Crippen LogP contribution in [0.3, 0.4) is 0 Å². The first-order valence-electron chi connectivity index (χ1n) is 15.3. The summed E-state index contributed by atoms with van der Waals surface area (Å²) >= 11 is 1.56. The number of morpholine rings is 1. The number of hydrogen-bond acceptors (Lipinski definition) is 8. The van der Waals surface area contributed by atoms with Crippen molar-refractivity contribution < 1.29 is 19.7 Å². The zero-order valence-corrected chi connectivity index (χ0v) is 25.9. The van der Waals surface area contributed by atoms with Crippen LogP contribution in [0.4, 0.5) is 0 Å². The number of thiophene rings is 1. The number of phenols is 1. The van der Waals surface area contributed by atoms with Crippen LogP contribution in [0.5, 0.6) is 5.75 Å². The van der Waals surface area contributed by atoms with E-state index in [1.807, 2.05) is 24.0 Å². The number of benzene rings is 2. The van der Waals surface area contributed by atoms with Crippen molar-refractivity contribution in [3.8, 4) is 5.75 Å². The smallest absolute Gasteiger partial charge is 0.264 e. The Morgan fingerprint density at radius 3 is 2.70 bits per heavy atom. The van der Waals surface area contributed by atoms with Gasteiger partial charge in [-0.3, -0.25) is 14.5 Å². The SMILES string of the molecule is Cc1ccc(C(=O)N2CCOC3(CCN(Cc4cccc(CCNCC(O)c5ccc(O)c6[nH]c(=O)ccc56)c4)CC3)C2)s1. The summed E-state index contributed by atoms with van der Waals surface area (Å²) in [6, 6.07) is 18.8. The van der Waals surface area contributed by atoms with E-state index in [-0.39, 0.29) is 22.8 Å². The lowest BCUT2D eigenvalue weighted by molar-refractivity contribution is -0.127. The molecule has 232 valence electrons. The van der Waals surface area contributed by atoms with Crippen LogP contribution in [0.2, 0.25) is 0 Å². The summed E-state index contributed by atoms with van der Waals surface area (Å²) in [6.07, 6.45) is 1.88. The molecule has 4 N–H and O–H groups in total. The van der Waals surface area contributed by atoms with Gasteiger partial charge in [0, 0.05) is 49.1 Å². The molecule has 2 fully saturated rings. The van der Waals surface area contributed by atoms with Gasteiger partial charge in [-0.2, -0.15) is 0 Å². The summed E-state index contributed by atoms with van der Waals surface area (Å²) in [4.78, 5) is 33.8. The minimum atomic E-state index is -0.782. The second-order valence-corrected chi connectivity index (χ2v) is 13.3. The molecule has 9 nitrogen and oxygen atoms in total. The molecule has 2 aliphatic rings. The standard InChI is InChI=1S/C34H40N4O5S/c1-23-5-9-30(44-23)33(42)38-17-18-43-34(22-38)12-15-37(16-13-34)21-25-4-2-3-24(19-25)11-14-35-20-29(40)26-6-8-28(39)32-27(26)7-10-31(41)36-32/h2-10,19,29,35,39-40H,11-18,20-22H2,1H3,(H,36,41). The van der Waals surface area contributed by atoms with E-state index in [9.17, 15) is 19.8 Å². The zero-order valence-electron chi connectivity index (χ0n) is 25.1. The van der Waals surface area contributed by atoms with Crippen molar-refractivity contribution in [3.63, 3.8) is 0 Å². The number of rotatable bonds is 9. The third-order valence-corrected chi connectivity index (χ3v) is 9.83. The van der Waals surface area contributed by atoms with E-state index in [1.165, 1.54) is 23.3 Å². The summed E-state index contributed by atoms with van der Waals surface area (Å²) in [5.41, 5.74) is 2.95. The van der Waals surface area contributed by atoms with Crippen LogP contribution in [-0.4, -0.2) is 82.4 Å². The van der Waals surface area contributed by atoms with E-state index < -0.39 is 6.10 Å². The van der Waals surface area contributed by atoms with Crippen LogP contribution in [0.1, 0.15) is 50.2 Å². The Balaban J connectivity index is 0.972. The van der Waals surface area contributed by atoms with Gasteiger partial charge in [0.05, 0.1) is 35.3 Å². The van der Waals surface area contributed by atoms with Crippen molar-refractivity contribution in [2.24, 2.45) is 0 Å². The van der Waals surface area contributed by atoms with Crippen LogP contribution < -0.4 is 10.9 Å². The molecule has 4 heterocycles. The topological polar surface area (TPSA) is 118 Å². The summed E-state index contributed by atoms with van der Waals surface area (Å²) in [7, 11) is 0. The first-order valence-corrected chi connectivity index (χ1v) is 16.1. The number of aromatic amines is 1. The maximum Gasteiger partial charge on any atom is 0.264 e. The Labute approximate surface area is 261 Å². The van der Waals surface area contributed by atoms with Gasteiger partial charge in [0.1, 0.15) is 5.75 Å². The van der Waals surface area contributed by atoms with E-state index >= 15 is 0 Å². The highest BCUT2D eigenvalue weighted by Crippen LogP contribution is 2.32.